The standard InChI is InChI=1S/C21H25N3O2S/c1-15-12-20(25)22-18-6-4-5-7-19(18)24(15)21(26)14-23(2)13-16-8-10-17(27-3)11-9-16/h4-11,15H,12-14H2,1-3H3,(H,22,25)/t15-/m1/s1. The molecule has 0 unspecified atom stereocenters. The van der Waals surface area contributed by atoms with E-state index in [-0.39, 0.29) is 24.4 Å². The molecule has 0 aliphatic carbocycles. The van der Waals surface area contributed by atoms with Crippen LogP contribution in [0.1, 0.15) is 18.9 Å². The zero-order valence-corrected chi connectivity index (χ0v) is 16.8. The topological polar surface area (TPSA) is 52.7 Å². The molecular formula is C21H25N3O2S. The van der Waals surface area contributed by atoms with Gasteiger partial charge in [0.05, 0.1) is 17.9 Å². The van der Waals surface area contributed by atoms with E-state index in [1.165, 1.54) is 10.5 Å². The van der Waals surface area contributed by atoms with Gasteiger partial charge in [0.25, 0.3) is 0 Å². The van der Waals surface area contributed by atoms with Gasteiger partial charge in [-0.15, -0.1) is 11.8 Å². The fourth-order valence-corrected chi connectivity index (χ4v) is 3.78. The number of hydrogen-bond donors (Lipinski definition) is 1. The molecule has 2 aromatic rings. The molecule has 0 aromatic heterocycles. The van der Waals surface area contributed by atoms with Crippen LogP contribution in [-0.2, 0) is 16.1 Å². The van der Waals surface area contributed by atoms with E-state index >= 15 is 0 Å². The van der Waals surface area contributed by atoms with Crippen molar-refractivity contribution in [1.29, 1.82) is 0 Å². The third kappa shape index (κ3) is 4.70. The van der Waals surface area contributed by atoms with Crippen molar-refractivity contribution in [3.05, 3.63) is 54.1 Å². The molecule has 0 saturated carbocycles. The largest absolute Gasteiger partial charge is 0.324 e. The van der Waals surface area contributed by atoms with Crippen molar-refractivity contribution in [2.75, 3.05) is 30.1 Å². The summed E-state index contributed by atoms with van der Waals surface area (Å²) >= 11 is 1.71. The summed E-state index contributed by atoms with van der Waals surface area (Å²) in [4.78, 5) is 30.1. The molecule has 6 heteroatoms. The normalized spacial score (nSPS) is 16.7. The summed E-state index contributed by atoms with van der Waals surface area (Å²) in [5.41, 5.74) is 2.62. The highest BCUT2D eigenvalue weighted by molar-refractivity contribution is 7.98. The van der Waals surface area contributed by atoms with E-state index in [9.17, 15) is 9.59 Å². The van der Waals surface area contributed by atoms with Gasteiger partial charge in [0.15, 0.2) is 0 Å². The third-order valence-corrected chi connectivity index (χ3v) is 5.39. The minimum atomic E-state index is -0.185. The molecule has 1 N–H and O–H groups in total. The minimum Gasteiger partial charge on any atom is -0.324 e. The number of anilines is 2. The van der Waals surface area contributed by atoms with Crippen LogP contribution in [0.3, 0.4) is 0 Å². The monoisotopic (exact) mass is 383 g/mol. The molecule has 2 aromatic carbocycles. The van der Waals surface area contributed by atoms with E-state index in [1.807, 2.05) is 43.1 Å². The van der Waals surface area contributed by atoms with Crippen LogP contribution in [0.2, 0.25) is 0 Å². The summed E-state index contributed by atoms with van der Waals surface area (Å²) in [6.45, 7) is 2.90. The molecular weight excluding hydrogens is 358 g/mol. The maximum Gasteiger partial charge on any atom is 0.241 e. The molecule has 27 heavy (non-hydrogen) atoms. The number of carbonyl (C=O) groups is 2. The van der Waals surface area contributed by atoms with Crippen LogP contribution >= 0.6 is 11.8 Å². The van der Waals surface area contributed by atoms with Gasteiger partial charge in [-0.2, -0.15) is 0 Å². The van der Waals surface area contributed by atoms with Crippen molar-refractivity contribution in [2.45, 2.75) is 30.8 Å². The van der Waals surface area contributed by atoms with E-state index in [2.05, 4.69) is 35.8 Å². The lowest BCUT2D eigenvalue weighted by Crippen LogP contribution is -2.44. The Bertz CT molecular complexity index is 822. The van der Waals surface area contributed by atoms with Crippen LogP contribution in [0.25, 0.3) is 0 Å². The molecule has 1 aliphatic rings. The summed E-state index contributed by atoms with van der Waals surface area (Å²) in [7, 11) is 1.94. The Morgan fingerprint density at radius 3 is 2.63 bits per heavy atom. The number of fused-ring (bicyclic) bond motifs is 1. The molecule has 2 amide bonds. The van der Waals surface area contributed by atoms with Gasteiger partial charge in [0.2, 0.25) is 11.8 Å². The van der Waals surface area contributed by atoms with Gasteiger partial charge in [-0.25, -0.2) is 0 Å². The molecule has 0 fully saturated rings. The van der Waals surface area contributed by atoms with Crippen LogP contribution in [0.15, 0.2) is 53.4 Å². The van der Waals surface area contributed by atoms with Crippen molar-refractivity contribution in [3.63, 3.8) is 0 Å². The quantitative estimate of drug-likeness (QED) is 0.802. The van der Waals surface area contributed by atoms with E-state index in [1.54, 1.807) is 16.7 Å². The van der Waals surface area contributed by atoms with Gasteiger partial charge < -0.3 is 10.2 Å². The van der Waals surface area contributed by atoms with Crippen molar-refractivity contribution in [2.24, 2.45) is 0 Å². The number of para-hydroxylation sites is 2. The maximum atomic E-state index is 13.1. The first kappa shape index (κ1) is 19.5. The van der Waals surface area contributed by atoms with Gasteiger partial charge in [-0.3, -0.25) is 14.5 Å². The second-order valence-corrected chi connectivity index (χ2v) is 7.78. The van der Waals surface area contributed by atoms with Crippen LogP contribution < -0.4 is 10.2 Å². The number of nitrogens with zero attached hydrogens (tertiary/aromatic N) is 2. The fourth-order valence-electron chi connectivity index (χ4n) is 3.37. The first-order valence-electron chi connectivity index (χ1n) is 9.00. The predicted octanol–water partition coefficient (Wildman–Crippen LogP) is 3.60. The Balaban J connectivity index is 1.73. The average molecular weight is 384 g/mol. The predicted molar refractivity (Wildman–Crippen MR) is 111 cm³/mol. The van der Waals surface area contributed by atoms with Gasteiger partial charge in [0, 0.05) is 23.9 Å². The average Bonchev–Trinajstić information content (AvgIpc) is 2.76. The molecule has 1 heterocycles. The highest BCUT2D eigenvalue weighted by atomic mass is 32.2. The summed E-state index contributed by atoms with van der Waals surface area (Å²) < 4.78 is 0. The Hall–Kier alpha value is -2.31. The second kappa shape index (κ2) is 8.59. The van der Waals surface area contributed by atoms with Gasteiger partial charge in [-0.1, -0.05) is 24.3 Å². The van der Waals surface area contributed by atoms with E-state index in [0.717, 1.165) is 5.69 Å². The molecule has 0 saturated heterocycles. The van der Waals surface area contributed by atoms with E-state index in [0.29, 0.717) is 18.7 Å². The zero-order valence-electron chi connectivity index (χ0n) is 15.9. The van der Waals surface area contributed by atoms with E-state index in [4.69, 9.17) is 0 Å². The Morgan fingerprint density at radius 2 is 1.93 bits per heavy atom. The van der Waals surface area contributed by atoms with E-state index < -0.39 is 0 Å². The third-order valence-electron chi connectivity index (χ3n) is 4.64. The summed E-state index contributed by atoms with van der Waals surface area (Å²) in [5.74, 6) is -0.0674. The van der Waals surface area contributed by atoms with Crippen molar-refractivity contribution < 1.29 is 9.59 Å². The van der Waals surface area contributed by atoms with Crippen LogP contribution in [0.5, 0.6) is 0 Å². The van der Waals surface area contributed by atoms with Gasteiger partial charge in [0.1, 0.15) is 0 Å². The number of benzene rings is 2. The van der Waals surface area contributed by atoms with Crippen molar-refractivity contribution in [1.82, 2.24) is 4.90 Å². The Labute approximate surface area is 164 Å². The lowest BCUT2D eigenvalue weighted by atomic mass is 10.1. The summed E-state index contributed by atoms with van der Waals surface area (Å²) in [5, 5.41) is 2.89. The lowest BCUT2D eigenvalue weighted by Gasteiger charge is -2.29. The Kier molecular flexibility index (Phi) is 6.19. The summed E-state index contributed by atoms with van der Waals surface area (Å²) in [6, 6.07) is 15.7. The van der Waals surface area contributed by atoms with Crippen LogP contribution in [0, 0.1) is 0 Å². The SMILES string of the molecule is CSc1ccc(CN(C)CC(=O)N2c3ccccc3NC(=O)C[C@H]2C)cc1. The first-order valence-corrected chi connectivity index (χ1v) is 10.2. The molecule has 3 rings (SSSR count). The molecule has 142 valence electrons. The van der Waals surface area contributed by atoms with Gasteiger partial charge in [-0.05, 0) is 50.1 Å². The number of likely N-dealkylation sites (N-methyl/N-ethyl adjacent to an activating group) is 1. The van der Waals surface area contributed by atoms with Crippen LogP contribution in [0.4, 0.5) is 11.4 Å². The molecule has 5 nitrogen and oxygen atoms in total. The molecule has 0 spiro atoms. The number of carbonyl (C=O) groups excluding carboxylic acids is 2. The number of nitrogens with one attached hydrogen (secondary N) is 1. The molecule has 1 atom stereocenters. The summed E-state index contributed by atoms with van der Waals surface area (Å²) in [6.07, 6.45) is 2.35. The number of rotatable bonds is 5. The molecule has 1 aliphatic heterocycles. The highest BCUT2D eigenvalue weighted by Crippen LogP contribution is 2.31. The zero-order chi connectivity index (χ0) is 19.4. The van der Waals surface area contributed by atoms with Crippen molar-refractivity contribution in [3.8, 4) is 0 Å². The van der Waals surface area contributed by atoms with Gasteiger partial charge >= 0.3 is 0 Å². The number of hydrogen-bond acceptors (Lipinski definition) is 4. The molecule has 0 bridgehead atoms. The lowest BCUT2D eigenvalue weighted by molar-refractivity contribution is -0.120. The first-order chi connectivity index (χ1) is 13.0. The maximum absolute atomic E-state index is 13.1. The smallest absolute Gasteiger partial charge is 0.241 e. The Morgan fingerprint density at radius 1 is 1.22 bits per heavy atom. The highest BCUT2D eigenvalue weighted by Gasteiger charge is 2.29. The minimum absolute atomic E-state index is 0.00492. The van der Waals surface area contributed by atoms with Crippen molar-refractivity contribution >= 4 is 35.0 Å². The van der Waals surface area contributed by atoms with Crippen LogP contribution in [-0.4, -0.2) is 42.6 Å². The second-order valence-electron chi connectivity index (χ2n) is 6.90. The molecule has 0 radical (unpaired) electrons. The fraction of sp³-hybridized carbons (Fsp3) is 0.333. The number of amides is 2. The number of thioether (sulfide) groups is 1.